The summed E-state index contributed by atoms with van der Waals surface area (Å²) in [5.41, 5.74) is 2.70. The Bertz CT molecular complexity index is 845. The molecule has 0 saturated heterocycles. The summed E-state index contributed by atoms with van der Waals surface area (Å²) in [6, 6.07) is 13.9. The lowest BCUT2D eigenvalue weighted by Crippen LogP contribution is -2.39. The Labute approximate surface area is 182 Å². The molecule has 0 aliphatic carbocycles. The van der Waals surface area contributed by atoms with Crippen LogP contribution in [0.1, 0.15) is 31.4 Å². The first-order valence-electron chi connectivity index (χ1n) is 10.1. The summed E-state index contributed by atoms with van der Waals surface area (Å²) in [5, 5.41) is 15.3. The van der Waals surface area contributed by atoms with E-state index in [2.05, 4.69) is 10.1 Å². The molecule has 0 fully saturated rings. The van der Waals surface area contributed by atoms with Crippen LogP contribution in [0.2, 0.25) is 5.02 Å². The third-order valence-electron chi connectivity index (χ3n) is 4.76. The Morgan fingerprint density at radius 3 is 2.73 bits per heavy atom. The standard InChI is InChI=1S/C23H28ClFN2O3/c1-16(2)29-15-21(28)13-27(12-17-4-3-5-19(24)10-17)14-22-11-23(26-30-22)18-6-8-20(25)9-7-18/h3-10,16,21-22,28H,11-15H2,1-2H3/t21-,22+/m0/s1. The van der Waals surface area contributed by atoms with Crippen molar-refractivity contribution in [3.63, 3.8) is 0 Å². The van der Waals surface area contributed by atoms with Crippen LogP contribution in [0.15, 0.2) is 53.7 Å². The minimum Gasteiger partial charge on any atom is -0.390 e. The van der Waals surface area contributed by atoms with Crippen LogP contribution in [0.25, 0.3) is 0 Å². The van der Waals surface area contributed by atoms with Gasteiger partial charge in [0, 0.05) is 31.1 Å². The Balaban J connectivity index is 1.62. The van der Waals surface area contributed by atoms with Crippen molar-refractivity contribution < 1.29 is 19.1 Å². The van der Waals surface area contributed by atoms with Gasteiger partial charge in [-0.05, 0) is 49.2 Å². The number of hydrogen-bond acceptors (Lipinski definition) is 5. The quantitative estimate of drug-likeness (QED) is 0.607. The Hall–Kier alpha value is -1.99. The lowest BCUT2D eigenvalue weighted by atomic mass is 10.0. The highest BCUT2D eigenvalue weighted by molar-refractivity contribution is 6.30. The molecule has 5 nitrogen and oxygen atoms in total. The number of oxime groups is 1. The molecule has 0 amide bonds. The largest absolute Gasteiger partial charge is 0.390 e. The number of benzene rings is 2. The van der Waals surface area contributed by atoms with Crippen LogP contribution in [-0.4, -0.2) is 53.7 Å². The minimum atomic E-state index is -0.620. The highest BCUT2D eigenvalue weighted by Gasteiger charge is 2.26. The van der Waals surface area contributed by atoms with E-state index in [0.717, 1.165) is 16.8 Å². The predicted octanol–water partition coefficient (Wildman–Crippen LogP) is 4.26. The van der Waals surface area contributed by atoms with E-state index in [-0.39, 0.29) is 24.6 Å². The molecule has 2 aromatic rings. The van der Waals surface area contributed by atoms with E-state index >= 15 is 0 Å². The molecule has 0 radical (unpaired) electrons. The van der Waals surface area contributed by atoms with Gasteiger partial charge in [-0.15, -0.1) is 0 Å². The molecule has 162 valence electrons. The molecule has 30 heavy (non-hydrogen) atoms. The van der Waals surface area contributed by atoms with Gasteiger partial charge in [-0.1, -0.05) is 41.0 Å². The van der Waals surface area contributed by atoms with Crippen molar-refractivity contribution in [2.45, 2.75) is 45.1 Å². The van der Waals surface area contributed by atoms with E-state index in [1.54, 1.807) is 12.1 Å². The van der Waals surface area contributed by atoms with Gasteiger partial charge in [0.05, 0.1) is 24.5 Å². The smallest absolute Gasteiger partial charge is 0.145 e. The van der Waals surface area contributed by atoms with E-state index in [0.29, 0.717) is 31.1 Å². The summed E-state index contributed by atoms with van der Waals surface area (Å²) < 4.78 is 18.7. The zero-order chi connectivity index (χ0) is 21.5. The number of aliphatic hydroxyl groups is 1. The summed E-state index contributed by atoms with van der Waals surface area (Å²) in [6.07, 6.45) is -0.0882. The van der Waals surface area contributed by atoms with Gasteiger partial charge in [-0.3, -0.25) is 4.90 Å². The Kier molecular flexibility index (Phi) is 8.22. The fourth-order valence-electron chi connectivity index (χ4n) is 3.38. The molecule has 1 heterocycles. The minimum absolute atomic E-state index is 0.0610. The van der Waals surface area contributed by atoms with Crippen LogP contribution < -0.4 is 0 Å². The second-order valence-corrected chi connectivity index (χ2v) is 8.27. The van der Waals surface area contributed by atoms with Crippen molar-refractivity contribution in [2.75, 3.05) is 19.7 Å². The van der Waals surface area contributed by atoms with E-state index in [1.807, 2.05) is 38.1 Å². The van der Waals surface area contributed by atoms with Crippen LogP contribution in [0.4, 0.5) is 4.39 Å². The van der Waals surface area contributed by atoms with Gasteiger partial charge in [0.25, 0.3) is 0 Å². The van der Waals surface area contributed by atoms with Crippen molar-refractivity contribution in [3.8, 4) is 0 Å². The topological polar surface area (TPSA) is 54.3 Å². The van der Waals surface area contributed by atoms with Gasteiger partial charge in [0.15, 0.2) is 0 Å². The van der Waals surface area contributed by atoms with Gasteiger partial charge in [-0.25, -0.2) is 4.39 Å². The molecule has 1 aliphatic rings. The summed E-state index contributed by atoms with van der Waals surface area (Å²) in [6.45, 7) is 5.79. The number of halogens is 2. The van der Waals surface area contributed by atoms with Crippen LogP contribution >= 0.6 is 11.6 Å². The molecule has 7 heteroatoms. The molecule has 0 aromatic heterocycles. The van der Waals surface area contributed by atoms with E-state index in [1.165, 1.54) is 12.1 Å². The van der Waals surface area contributed by atoms with Gasteiger partial charge < -0.3 is 14.7 Å². The molecule has 0 unspecified atom stereocenters. The first kappa shape index (κ1) is 22.7. The first-order chi connectivity index (χ1) is 14.4. The monoisotopic (exact) mass is 434 g/mol. The molecular weight excluding hydrogens is 407 g/mol. The molecular formula is C23H28ClFN2O3. The average Bonchev–Trinajstić information content (AvgIpc) is 3.15. The number of nitrogens with zero attached hydrogens (tertiary/aromatic N) is 2. The van der Waals surface area contributed by atoms with Crippen LogP contribution in [0.5, 0.6) is 0 Å². The molecule has 2 aromatic carbocycles. The molecule has 3 rings (SSSR count). The second-order valence-electron chi connectivity index (χ2n) is 7.84. The molecule has 1 N–H and O–H groups in total. The third-order valence-corrected chi connectivity index (χ3v) is 4.99. The average molecular weight is 435 g/mol. The lowest BCUT2D eigenvalue weighted by molar-refractivity contribution is -0.0194. The highest BCUT2D eigenvalue weighted by atomic mass is 35.5. The van der Waals surface area contributed by atoms with Gasteiger partial charge in [0.2, 0.25) is 0 Å². The number of aliphatic hydroxyl groups excluding tert-OH is 1. The summed E-state index contributed by atoms with van der Waals surface area (Å²) >= 11 is 6.13. The lowest BCUT2D eigenvalue weighted by Gasteiger charge is -2.27. The fraction of sp³-hybridized carbons (Fsp3) is 0.435. The summed E-state index contributed by atoms with van der Waals surface area (Å²) in [4.78, 5) is 7.75. The maximum Gasteiger partial charge on any atom is 0.145 e. The third kappa shape index (κ3) is 7.06. The maximum absolute atomic E-state index is 13.2. The zero-order valence-electron chi connectivity index (χ0n) is 17.3. The van der Waals surface area contributed by atoms with Crippen LogP contribution in [0, 0.1) is 5.82 Å². The van der Waals surface area contributed by atoms with E-state index in [4.69, 9.17) is 21.2 Å². The van der Waals surface area contributed by atoms with Crippen LogP contribution in [0.3, 0.4) is 0 Å². The number of ether oxygens (including phenoxy) is 1. The van der Waals surface area contributed by atoms with E-state index in [9.17, 15) is 9.50 Å². The van der Waals surface area contributed by atoms with Crippen molar-refractivity contribution in [2.24, 2.45) is 5.16 Å². The molecule has 0 spiro atoms. The Morgan fingerprint density at radius 2 is 2.03 bits per heavy atom. The molecule has 0 saturated carbocycles. The van der Waals surface area contributed by atoms with Crippen LogP contribution in [-0.2, 0) is 16.1 Å². The highest BCUT2D eigenvalue weighted by Crippen LogP contribution is 2.20. The van der Waals surface area contributed by atoms with Crippen molar-refractivity contribution in [3.05, 3.63) is 70.5 Å². The van der Waals surface area contributed by atoms with Crippen molar-refractivity contribution in [1.82, 2.24) is 4.90 Å². The zero-order valence-corrected chi connectivity index (χ0v) is 18.1. The maximum atomic E-state index is 13.2. The van der Waals surface area contributed by atoms with Crippen molar-refractivity contribution in [1.29, 1.82) is 0 Å². The molecule has 0 bridgehead atoms. The normalized spacial score (nSPS) is 17.3. The molecule has 2 atom stereocenters. The number of hydrogen-bond donors (Lipinski definition) is 1. The predicted molar refractivity (Wildman–Crippen MR) is 116 cm³/mol. The second kappa shape index (κ2) is 10.9. The summed E-state index contributed by atoms with van der Waals surface area (Å²) in [5.74, 6) is -0.278. The van der Waals surface area contributed by atoms with Gasteiger partial charge in [-0.2, -0.15) is 0 Å². The number of rotatable bonds is 10. The van der Waals surface area contributed by atoms with Gasteiger partial charge >= 0.3 is 0 Å². The molecule has 1 aliphatic heterocycles. The summed E-state index contributed by atoms with van der Waals surface area (Å²) in [7, 11) is 0. The Morgan fingerprint density at radius 1 is 1.27 bits per heavy atom. The van der Waals surface area contributed by atoms with Crippen molar-refractivity contribution >= 4 is 17.3 Å². The fourth-order valence-corrected chi connectivity index (χ4v) is 3.59. The SMILES string of the molecule is CC(C)OC[C@@H](O)CN(Cc1cccc(Cl)c1)C[C@H]1CC(c2ccc(F)cc2)=NO1. The van der Waals surface area contributed by atoms with E-state index < -0.39 is 6.10 Å². The van der Waals surface area contributed by atoms with Gasteiger partial charge in [0.1, 0.15) is 11.9 Å². The first-order valence-corrected chi connectivity index (χ1v) is 10.5.